The fourth-order valence-corrected chi connectivity index (χ4v) is 5.13. The van der Waals surface area contributed by atoms with Crippen molar-refractivity contribution in [2.75, 3.05) is 44.1 Å². The number of aromatic nitrogens is 2. The molecule has 0 bridgehead atoms. The molecule has 4 rings (SSSR count). The number of alkyl halides is 3. The number of ketones is 1. The second-order valence-corrected chi connectivity index (χ2v) is 10.4. The van der Waals surface area contributed by atoms with Crippen molar-refractivity contribution in [1.82, 2.24) is 25.2 Å². The molecule has 2 aromatic rings. The minimum atomic E-state index is -4.68. The lowest BCUT2D eigenvalue weighted by molar-refractivity contribution is -0.137. The highest BCUT2D eigenvalue weighted by Gasteiger charge is 2.39. The van der Waals surface area contributed by atoms with E-state index in [4.69, 9.17) is 0 Å². The van der Waals surface area contributed by atoms with E-state index in [0.29, 0.717) is 24.1 Å². The molecule has 0 radical (unpaired) electrons. The highest BCUT2D eigenvalue weighted by Crippen LogP contribution is 2.38. The molecule has 2 aliphatic rings. The summed E-state index contributed by atoms with van der Waals surface area (Å²) in [6, 6.07) is 6.68. The van der Waals surface area contributed by atoms with Gasteiger partial charge in [-0.25, -0.2) is 10.4 Å². The summed E-state index contributed by atoms with van der Waals surface area (Å²) >= 11 is 0. The Kier molecular flexibility index (Phi) is 9.06. The van der Waals surface area contributed by atoms with Gasteiger partial charge in [0.25, 0.3) is 5.91 Å². The maximum atomic E-state index is 13.9. The number of nitrogens with zero attached hydrogens (tertiary/aromatic N) is 5. The molecule has 1 aliphatic carbocycles. The summed E-state index contributed by atoms with van der Waals surface area (Å²) < 4.78 is 41.8. The Labute approximate surface area is 226 Å². The maximum absolute atomic E-state index is 13.9. The molecule has 1 saturated carbocycles. The molecule has 1 amide bonds. The molecule has 1 aromatic carbocycles. The van der Waals surface area contributed by atoms with Crippen molar-refractivity contribution in [3.05, 3.63) is 41.6 Å². The predicted molar refractivity (Wildman–Crippen MR) is 143 cm³/mol. The van der Waals surface area contributed by atoms with E-state index in [1.807, 2.05) is 7.05 Å². The number of hydrazine groups is 1. The highest BCUT2D eigenvalue weighted by molar-refractivity contribution is 5.94. The number of rotatable bonds is 9. The number of nitrogens with one attached hydrogen (secondary N) is 2. The number of hydrogen-bond acceptors (Lipinski definition) is 8. The molecule has 2 heterocycles. The van der Waals surface area contributed by atoms with Gasteiger partial charge in [0.1, 0.15) is 11.3 Å². The van der Waals surface area contributed by atoms with Crippen LogP contribution in [0.3, 0.4) is 0 Å². The van der Waals surface area contributed by atoms with Crippen LogP contribution in [0.25, 0.3) is 0 Å². The number of piperidine rings is 1. The Morgan fingerprint density at radius 3 is 2.28 bits per heavy atom. The zero-order valence-corrected chi connectivity index (χ0v) is 22.6. The van der Waals surface area contributed by atoms with Crippen molar-refractivity contribution in [1.29, 1.82) is 0 Å². The molecule has 1 aromatic heterocycles. The fraction of sp³-hybridized carbons (Fsp3) is 0.556. The first-order chi connectivity index (χ1) is 18.5. The van der Waals surface area contributed by atoms with Crippen LogP contribution >= 0.6 is 0 Å². The number of benzene rings is 1. The standard InChI is InChI=1S/C27H36F3N7O2/c1-18(38)16-32-37(22-6-4-5-7-22)24-23(27(28,29)30)17-31-26(34-24)33-20-10-8-19(9-11-20)25(39)36(3)21-12-14-35(2)15-13-21/h8-11,17,21-22,32H,4-7,12-16H2,1-3H3,(H,31,33,34). The zero-order chi connectivity index (χ0) is 28.2. The van der Waals surface area contributed by atoms with E-state index in [1.165, 1.54) is 11.9 Å². The van der Waals surface area contributed by atoms with E-state index in [0.717, 1.165) is 45.0 Å². The van der Waals surface area contributed by atoms with E-state index in [9.17, 15) is 22.8 Å². The first-order valence-electron chi connectivity index (χ1n) is 13.3. The number of carbonyl (C=O) groups excluding carboxylic acids is 2. The van der Waals surface area contributed by atoms with Gasteiger partial charge in [-0.15, -0.1) is 0 Å². The summed E-state index contributed by atoms with van der Waals surface area (Å²) in [5.74, 6) is -0.615. The average molecular weight is 548 g/mol. The molecule has 2 fully saturated rings. The lowest BCUT2D eigenvalue weighted by atomic mass is 10.0. The van der Waals surface area contributed by atoms with Gasteiger partial charge in [0.2, 0.25) is 5.95 Å². The van der Waals surface area contributed by atoms with Gasteiger partial charge in [0.05, 0.1) is 6.54 Å². The molecule has 0 spiro atoms. The Hall–Kier alpha value is -3.25. The number of anilines is 3. The van der Waals surface area contributed by atoms with Crippen molar-refractivity contribution in [3.63, 3.8) is 0 Å². The van der Waals surface area contributed by atoms with Crippen LogP contribution in [-0.2, 0) is 11.0 Å². The molecule has 0 unspecified atom stereocenters. The molecule has 0 atom stereocenters. The summed E-state index contributed by atoms with van der Waals surface area (Å²) in [5.41, 5.74) is 2.94. The van der Waals surface area contributed by atoms with Gasteiger partial charge in [-0.1, -0.05) is 12.8 Å². The van der Waals surface area contributed by atoms with Crippen LogP contribution in [0.5, 0.6) is 0 Å². The molecule has 9 nitrogen and oxygen atoms in total. The van der Waals surface area contributed by atoms with Crippen LogP contribution in [0, 0.1) is 0 Å². The van der Waals surface area contributed by atoms with Crippen molar-refractivity contribution in [2.45, 2.75) is 63.7 Å². The smallest absolute Gasteiger partial charge is 0.339 e. The minimum absolute atomic E-state index is 0.0202. The molecule has 39 heavy (non-hydrogen) atoms. The zero-order valence-electron chi connectivity index (χ0n) is 22.6. The largest absolute Gasteiger partial charge is 0.421 e. The summed E-state index contributed by atoms with van der Waals surface area (Å²) in [6.45, 7) is 3.16. The van der Waals surface area contributed by atoms with Crippen LogP contribution in [0.4, 0.5) is 30.6 Å². The van der Waals surface area contributed by atoms with Crippen LogP contribution in [-0.4, -0.2) is 77.3 Å². The summed E-state index contributed by atoms with van der Waals surface area (Å²) in [7, 11) is 3.89. The van der Waals surface area contributed by atoms with E-state index in [2.05, 4.69) is 32.7 Å². The number of likely N-dealkylation sites (tertiary alicyclic amines) is 1. The third kappa shape index (κ3) is 7.24. The van der Waals surface area contributed by atoms with E-state index >= 15 is 0 Å². The quantitative estimate of drug-likeness (QED) is 0.450. The van der Waals surface area contributed by atoms with Crippen LogP contribution < -0.4 is 15.8 Å². The topological polar surface area (TPSA) is 93.7 Å². The fourth-order valence-electron chi connectivity index (χ4n) is 5.13. The number of carbonyl (C=O) groups is 2. The van der Waals surface area contributed by atoms with Crippen molar-refractivity contribution >= 4 is 29.1 Å². The van der Waals surface area contributed by atoms with E-state index in [1.54, 1.807) is 29.2 Å². The molecule has 2 N–H and O–H groups in total. The summed E-state index contributed by atoms with van der Waals surface area (Å²) in [5, 5.41) is 4.34. The van der Waals surface area contributed by atoms with Crippen LogP contribution in [0.1, 0.15) is 61.4 Å². The normalized spacial score (nSPS) is 17.3. The third-order valence-corrected chi connectivity index (χ3v) is 7.43. The number of halogens is 3. The van der Waals surface area contributed by atoms with Crippen LogP contribution in [0.15, 0.2) is 30.5 Å². The summed E-state index contributed by atoms with van der Waals surface area (Å²) in [4.78, 5) is 36.8. The van der Waals surface area contributed by atoms with E-state index in [-0.39, 0.29) is 42.1 Å². The molecule has 1 aliphatic heterocycles. The monoisotopic (exact) mass is 547 g/mol. The Balaban J connectivity index is 1.53. The maximum Gasteiger partial charge on any atom is 0.421 e. The van der Waals surface area contributed by atoms with Crippen molar-refractivity contribution < 1.29 is 22.8 Å². The second-order valence-electron chi connectivity index (χ2n) is 10.4. The van der Waals surface area contributed by atoms with Crippen molar-refractivity contribution in [2.24, 2.45) is 0 Å². The first kappa shape index (κ1) is 28.8. The van der Waals surface area contributed by atoms with Gasteiger partial charge >= 0.3 is 6.18 Å². The molecule has 12 heteroatoms. The molecular weight excluding hydrogens is 511 g/mol. The van der Waals surface area contributed by atoms with Gasteiger partial charge in [0, 0.05) is 36.6 Å². The summed E-state index contributed by atoms with van der Waals surface area (Å²) in [6.07, 6.45) is 1.08. The molecular formula is C27H36F3N7O2. The SMILES string of the molecule is CC(=O)CNN(c1nc(Nc2ccc(C(=O)N(C)C3CCN(C)CC3)cc2)ncc1C(F)(F)F)C1CCCC1. The lowest BCUT2D eigenvalue weighted by Crippen LogP contribution is -2.48. The number of hydrogen-bond donors (Lipinski definition) is 2. The Morgan fingerprint density at radius 1 is 1.05 bits per heavy atom. The molecule has 212 valence electrons. The second kappa shape index (κ2) is 12.3. The van der Waals surface area contributed by atoms with Crippen molar-refractivity contribution in [3.8, 4) is 0 Å². The Bertz CT molecular complexity index is 1150. The van der Waals surface area contributed by atoms with Gasteiger partial charge in [-0.3, -0.25) is 14.6 Å². The van der Waals surface area contributed by atoms with Crippen LogP contribution in [0.2, 0.25) is 0 Å². The first-order valence-corrected chi connectivity index (χ1v) is 13.3. The number of Topliss-reactive ketones (excluding diaryl/α,β-unsaturated/α-hetero) is 1. The van der Waals surface area contributed by atoms with Gasteiger partial charge in [-0.2, -0.15) is 18.2 Å². The lowest BCUT2D eigenvalue weighted by Gasteiger charge is -2.35. The Morgan fingerprint density at radius 2 is 1.69 bits per heavy atom. The highest BCUT2D eigenvalue weighted by atomic mass is 19.4. The van der Waals surface area contributed by atoms with Gasteiger partial charge in [-0.05, 0) is 77.0 Å². The van der Waals surface area contributed by atoms with Gasteiger partial charge in [0.15, 0.2) is 5.82 Å². The number of amides is 1. The van der Waals surface area contributed by atoms with E-state index < -0.39 is 11.7 Å². The minimum Gasteiger partial charge on any atom is -0.339 e. The third-order valence-electron chi connectivity index (χ3n) is 7.43. The predicted octanol–water partition coefficient (Wildman–Crippen LogP) is 4.25. The van der Waals surface area contributed by atoms with Gasteiger partial charge < -0.3 is 15.1 Å². The average Bonchev–Trinajstić information content (AvgIpc) is 3.43. The molecule has 1 saturated heterocycles.